The monoisotopic (exact) mass is 396 g/mol. The molecule has 0 fully saturated rings. The largest absolute Gasteiger partial charge is 0.343 e. The van der Waals surface area contributed by atoms with Crippen molar-refractivity contribution < 1.29 is 14.5 Å². The molecular weight excluding hydrogens is 380 g/mol. The summed E-state index contributed by atoms with van der Waals surface area (Å²) in [4.78, 5) is 38.7. The number of amides is 2. The molecule has 2 N–H and O–H groups in total. The van der Waals surface area contributed by atoms with Gasteiger partial charge in [-0.3, -0.25) is 19.7 Å². The normalized spacial score (nSPS) is 10.3. The Morgan fingerprint density at radius 2 is 1.93 bits per heavy atom. The number of nitrogens with zero attached hydrogens (tertiary/aromatic N) is 2. The fourth-order valence-corrected chi connectivity index (χ4v) is 3.07. The Bertz CT molecular complexity index is 1030. The van der Waals surface area contributed by atoms with E-state index in [2.05, 4.69) is 15.6 Å². The number of aromatic nitrogens is 1. The molecule has 9 heteroatoms. The molecule has 8 nitrogen and oxygen atoms in total. The number of carbonyl (C=O) groups is 2. The summed E-state index contributed by atoms with van der Waals surface area (Å²) in [6.45, 7) is 1.68. The van der Waals surface area contributed by atoms with Gasteiger partial charge in [0, 0.05) is 34.3 Å². The van der Waals surface area contributed by atoms with Crippen LogP contribution >= 0.6 is 11.3 Å². The van der Waals surface area contributed by atoms with E-state index in [0.29, 0.717) is 5.69 Å². The van der Waals surface area contributed by atoms with Gasteiger partial charge in [0.05, 0.1) is 22.2 Å². The summed E-state index contributed by atoms with van der Waals surface area (Å²) in [5.74, 6) is -0.968. The lowest BCUT2D eigenvalue weighted by Gasteiger charge is -2.07. The fourth-order valence-electron chi connectivity index (χ4n) is 2.45. The average Bonchev–Trinajstić information content (AvgIpc) is 3.13. The molecule has 0 bridgehead atoms. The molecule has 3 aromatic rings. The van der Waals surface area contributed by atoms with Crippen LogP contribution in [0.25, 0.3) is 11.3 Å². The molecule has 142 valence electrons. The zero-order valence-electron chi connectivity index (χ0n) is 14.8. The van der Waals surface area contributed by atoms with E-state index >= 15 is 0 Å². The number of nitrogens with one attached hydrogen (secondary N) is 2. The third-order valence-corrected chi connectivity index (χ3v) is 4.59. The van der Waals surface area contributed by atoms with E-state index in [0.717, 1.165) is 22.3 Å². The maximum atomic E-state index is 12.1. The molecule has 0 saturated carbocycles. The van der Waals surface area contributed by atoms with Crippen molar-refractivity contribution in [2.45, 2.75) is 6.92 Å². The standard InChI is InChI=1S/C19H16N4O4S/c1-12-21-17(11-28-12)13-5-7-15(8-6-13)22-18(24)10-20-19(25)14-3-2-4-16(9-14)23(26)27/h2-9,11H,10H2,1H3,(H,20,25)(H,22,24). The minimum atomic E-state index is -0.583. The number of anilines is 1. The predicted molar refractivity (Wildman–Crippen MR) is 106 cm³/mol. The molecule has 2 amide bonds. The second-order valence-corrected chi connectivity index (χ2v) is 6.93. The van der Waals surface area contributed by atoms with Gasteiger partial charge >= 0.3 is 0 Å². The van der Waals surface area contributed by atoms with Crippen molar-refractivity contribution in [3.05, 3.63) is 74.6 Å². The Kier molecular flexibility index (Phi) is 5.75. The van der Waals surface area contributed by atoms with Crippen LogP contribution in [0, 0.1) is 17.0 Å². The Balaban J connectivity index is 1.55. The van der Waals surface area contributed by atoms with Crippen molar-refractivity contribution in [2.24, 2.45) is 0 Å². The van der Waals surface area contributed by atoms with E-state index in [1.54, 1.807) is 23.5 Å². The molecule has 0 aliphatic carbocycles. The van der Waals surface area contributed by atoms with Crippen molar-refractivity contribution in [1.82, 2.24) is 10.3 Å². The van der Waals surface area contributed by atoms with E-state index in [1.165, 1.54) is 18.2 Å². The molecule has 0 aliphatic rings. The Hall–Kier alpha value is -3.59. The summed E-state index contributed by atoms with van der Waals surface area (Å²) < 4.78 is 0. The molecule has 1 aromatic heterocycles. The first-order chi connectivity index (χ1) is 13.4. The van der Waals surface area contributed by atoms with Crippen molar-refractivity contribution in [3.63, 3.8) is 0 Å². The summed E-state index contributed by atoms with van der Waals surface area (Å²) >= 11 is 1.57. The van der Waals surface area contributed by atoms with Gasteiger partial charge in [-0.25, -0.2) is 4.98 Å². The third kappa shape index (κ3) is 4.77. The first-order valence-electron chi connectivity index (χ1n) is 8.27. The van der Waals surface area contributed by atoms with Crippen LogP contribution in [0.15, 0.2) is 53.9 Å². The molecule has 3 rings (SSSR count). The number of benzene rings is 2. The molecule has 0 aliphatic heterocycles. The van der Waals surface area contributed by atoms with E-state index in [4.69, 9.17) is 0 Å². The van der Waals surface area contributed by atoms with Gasteiger partial charge in [-0.15, -0.1) is 11.3 Å². The lowest BCUT2D eigenvalue weighted by atomic mass is 10.1. The number of non-ortho nitro benzene ring substituents is 1. The average molecular weight is 396 g/mol. The number of rotatable bonds is 6. The van der Waals surface area contributed by atoms with Crippen LogP contribution in [0.2, 0.25) is 0 Å². The predicted octanol–water partition coefficient (Wildman–Crippen LogP) is 3.40. The van der Waals surface area contributed by atoms with Crippen LogP contribution in [0.4, 0.5) is 11.4 Å². The van der Waals surface area contributed by atoms with Gasteiger partial charge in [-0.05, 0) is 25.1 Å². The maximum Gasteiger partial charge on any atom is 0.270 e. The second kappa shape index (κ2) is 8.40. The molecule has 0 radical (unpaired) electrons. The van der Waals surface area contributed by atoms with Crippen molar-refractivity contribution in [1.29, 1.82) is 0 Å². The highest BCUT2D eigenvalue weighted by atomic mass is 32.1. The summed E-state index contributed by atoms with van der Waals surface area (Å²) in [6.07, 6.45) is 0. The summed E-state index contributed by atoms with van der Waals surface area (Å²) in [5, 5.41) is 18.8. The van der Waals surface area contributed by atoms with Gasteiger partial charge in [-0.2, -0.15) is 0 Å². The number of nitro groups is 1. The van der Waals surface area contributed by atoms with Crippen LogP contribution in [-0.2, 0) is 4.79 Å². The Morgan fingerprint density at radius 1 is 1.18 bits per heavy atom. The lowest BCUT2D eigenvalue weighted by Crippen LogP contribution is -2.32. The van der Waals surface area contributed by atoms with Gasteiger partial charge in [0.25, 0.3) is 11.6 Å². The SMILES string of the molecule is Cc1nc(-c2ccc(NC(=O)CNC(=O)c3cccc([N+](=O)[O-])c3)cc2)cs1. The minimum Gasteiger partial charge on any atom is -0.343 e. The van der Waals surface area contributed by atoms with Crippen molar-refractivity contribution in [2.75, 3.05) is 11.9 Å². The first kappa shape index (κ1) is 19.2. The maximum absolute atomic E-state index is 12.1. The molecule has 0 atom stereocenters. The Morgan fingerprint density at radius 3 is 2.57 bits per heavy atom. The van der Waals surface area contributed by atoms with E-state index < -0.39 is 16.7 Å². The number of hydrogen-bond donors (Lipinski definition) is 2. The second-order valence-electron chi connectivity index (χ2n) is 5.87. The van der Waals surface area contributed by atoms with Crippen LogP contribution in [0.1, 0.15) is 15.4 Å². The van der Waals surface area contributed by atoms with Crippen LogP contribution in [0.5, 0.6) is 0 Å². The zero-order chi connectivity index (χ0) is 20.1. The highest BCUT2D eigenvalue weighted by molar-refractivity contribution is 7.09. The first-order valence-corrected chi connectivity index (χ1v) is 9.15. The molecular formula is C19H16N4O4S. The molecule has 0 unspecified atom stereocenters. The van der Waals surface area contributed by atoms with E-state index in [9.17, 15) is 19.7 Å². The van der Waals surface area contributed by atoms with Crippen LogP contribution in [-0.4, -0.2) is 28.3 Å². The number of hydrogen-bond acceptors (Lipinski definition) is 6. The highest BCUT2D eigenvalue weighted by Gasteiger charge is 2.12. The third-order valence-electron chi connectivity index (χ3n) is 3.81. The van der Waals surface area contributed by atoms with Crippen molar-refractivity contribution >= 4 is 34.5 Å². The molecule has 2 aromatic carbocycles. The van der Waals surface area contributed by atoms with E-state index in [1.807, 2.05) is 24.4 Å². The number of carbonyl (C=O) groups excluding carboxylic acids is 2. The highest BCUT2D eigenvalue weighted by Crippen LogP contribution is 2.23. The van der Waals surface area contributed by atoms with E-state index in [-0.39, 0.29) is 17.8 Å². The van der Waals surface area contributed by atoms with Crippen LogP contribution < -0.4 is 10.6 Å². The summed E-state index contributed by atoms with van der Waals surface area (Å²) in [6, 6.07) is 12.5. The van der Waals surface area contributed by atoms with Gasteiger partial charge in [0.15, 0.2) is 0 Å². The van der Waals surface area contributed by atoms with Crippen LogP contribution in [0.3, 0.4) is 0 Å². The number of thiazole rings is 1. The lowest BCUT2D eigenvalue weighted by molar-refractivity contribution is -0.384. The van der Waals surface area contributed by atoms with Crippen molar-refractivity contribution in [3.8, 4) is 11.3 Å². The molecule has 0 spiro atoms. The topological polar surface area (TPSA) is 114 Å². The smallest absolute Gasteiger partial charge is 0.270 e. The van der Waals surface area contributed by atoms with Gasteiger partial charge in [-0.1, -0.05) is 18.2 Å². The summed E-state index contributed by atoms with van der Waals surface area (Å²) in [7, 11) is 0. The zero-order valence-corrected chi connectivity index (χ0v) is 15.7. The van der Waals surface area contributed by atoms with Gasteiger partial charge < -0.3 is 10.6 Å². The van der Waals surface area contributed by atoms with Gasteiger partial charge in [0.2, 0.25) is 5.91 Å². The molecule has 28 heavy (non-hydrogen) atoms. The summed E-state index contributed by atoms with van der Waals surface area (Å²) in [5.41, 5.74) is 2.34. The number of aryl methyl sites for hydroxylation is 1. The fraction of sp³-hybridized carbons (Fsp3) is 0.105. The van der Waals surface area contributed by atoms with Gasteiger partial charge in [0.1, 0.15) is 0 Å². The molecule has 0 saturated heterocycles. The Labute approximate surface area is 164 Å². The minimum absolute atomic E-state index is 0.116. The number of nitro benzene ring substituents is 1. The molecule has 1 heterocycles. The quantitative estimate of drug-likeness (QED) is 0.490.